The number of nitrogens with zero attached hydrogens (tertiary/aromatic N) is 2. The number of ketones is 1. The monoisotopic (exact) mass is 400 g/mol. The van der Waals surface area contributed by atoms with Crippen molar-refractivity contribution in [2.45, 2.75) is 6.92 Å². The molecule has 1 heterocycles. The number of amides is 1. The molecule has 0 bridgehead atoms. The van der Waals surface area contributed by atoms with Gasteiger partial charge >= 0.3 is 0 Å². The van der Waals surface area contributed by atoms with Crippen LogP contribution in [-0.4, -0.2) is 21.8 Å². The number of aromatic hydroxyl groups is 1. The molecule has 0 atom stereocenters. The molecular weight excluding hydrogens is 386 g/mol. The summed E-state index contributed by atoms with van der Waals surface area (Å²) in [7, 11) is 0. The standard InChI is InChI=1S/C20H14F2N2O3S/c1-12(25)24(18-7-5-14(21)10-17(18)22)20-23-15(11-28-20)6-8-19(27)13-3-2-4-16(26)9-13/h2-11,26H,1H3/b8-6+. The lowest BCUT2D eigenvalue weighted by Crippen LogP contribution is -2.23. The van der Waals surface area contributed by atoms with E-state index in [2.05, 4.69) is 4.98 Å². The molecule has 0 aliphatic carbocycles. The molecule has 0 saturated carbocycles. The minimum Gasteiger partial charge on any atom is -0.508 e. The van der Waals surface area contributed by atoms with E-state index in [1.165, 1.54) is 31.2 Å². The van der Waals surface area contributed by atoms with Crippen LogP contribution in [-0.2, 0) is 4.79 Å². The number of carbonyl (C=O) groups excluding carboxylic acids is 2. The predicted octanol–water partition coefficient (Wildman–Crippen LogP) is 4.71. The number of halogens is 2. The van der Waals surface area contributed by atoms with Crippen molar-refractivity contribution in [1.82, 2.24) is 4.98 Å². The lowest BCUT2D eigenvalue weighted by Gasteiger charge is -2.18. The number of allylic oxidation sites excluding steroid dienone is 1. The second-order valence-corrected chi connectivity index (χ2v) is 6.59. The number of hydrogen-bond donors (Lipinski definition) is 1. The fourth-order valence-electron chi connectivity index (χ4n) is 2.44. The Morgan fingerprint density at radius 3 is 2.64 bits per heavy atom. The Morgan fingerprint density at radius 1 is 1.18 bits per heavy atom. The molecule has 1 N–H and O–H groups in total. The first-order valence-corrected chi connectivity index (χ1v) is 8.96. The Hall–Kier alpha value is -3.39. The smallest absolute Gasteiger partial charge is 0.230 e. The van der Waals surface area contributed by atoms with E-state index >= 15 is 0 Å². The minimum absolute atomic E-state index is 0.0198. The second-order valence-electron chi connectivity index (χ2n) is 5.75. The number of hydrogen-bond acceptors (Lipinski definition) is 5. The highest BCUT2D eigenvalue weighted by atomic mass is 32.1. The van der Waals surface area contributed by atoms with Gasteiger partial charge in [0.05, 0.1) is 11.4 Å². The highest BCUT2D eigenvalue weighted by Gasteiger charge is 2.21. The summed E-state index contributed by atoms with van der Waals surface area (Å²) in [5.74, 6) is -2.49. The molecule has 0 aliphatic heterocycles. The normalized spacial score (nSPS) is 11.0. The minimum atomic E-state index is -0.887. The van der Waals surface area contributed by atoms with Crippen molar-refractivity contribution in [2.75, 3.05) is 4.90 Å². The highest BCUT2D eigenvalue weighted by Crippen LogP contribution is 2.31. The van der Waals surface area contributed by atoms with Gasteiger partial charge in [-0.3, -0.25) is 14.5 Å². The van der Waals surface area contributed by atoms with Gasteiger partial charge in [-0.05, 0) is 36.4 Å². The van der Waals surface area contributed by atoms with Crippen LogP contribution in [0, 0.1) is 11.6 Å². The quantitative estimate of drug-likeness (QED) is 0.498. The first kappa shape index (κ1) is 19.4. The fraction of sp³-hybridized carbons (Fsp3) is 0.0500. The Kier molecular flexibility index (Phi) is 5.60. The summed E-state index contributed by atoms with van der Waals surface area (Å²) in [4.78, 5) is 29.4. The van der Waals surface area contributed by atoms with E-state index < -0.39 is 17.5 Å². The Bertz CT molecular complexity index is 1080. The Balaban J connectivity index is 1.85. The lowest BCUT2D eigenvalue weighted by molar-refractivity contribution is -0.115. The van der Waals surface area contributed by atoms with E-state index in [-0.39, 0.29) is 22.4 Å². The Morgan fingerprint density at radius 2 is 1.96 bits per heavy atom. The molecule has 0 unspecified atom stereocenters. The van der Waals surface area contributed by atoms with Gasteiger partial charge in [0.1, 0.15) is 17.4 Å². The van der Waals surface area contributed by atoms with Crippen molar-refractivity contribution in [3.05, 3.63) is 76.8 Å². The van der Waals surface area contributed by atoms with E-state index in [9.17, 15) is 23.5 Å². The number of anilines is 2. The summed E-state index contributed by atoms with van der Waals surface area (Å²) in [6.45, 7) is 1.24. The second kappa shape index (κ2) is 8.10. The summed E-state index contributed by atoms with van der Waals surface area (Å²) in [6, 6.07) is 8.82. The van der Waals surface area contributed by atoms with Gasteiger partial charge in [0.2, 0.25) is 5.91 Å². The third-order valence-electron chi connectivity index (χ3n) is 3.70. The van der Waals surface area contributed by atoms with Crippen LogP contribution in [0.1, 0.15) is 23.0 Å². The fourth-order valence-corrected chi connectivity index (χ4v) is 3.29. The average Bonchev–Trinajstić information content (AvgIpc) is 3.10. The number of benzene rings is 2. The molecule has 28 heavy (non-hydrogen) atoms. The predicted molar refractivity (Wildman–Crippen MR) is 103 cm³/mol. The molecule has 0 radical (unpaired) electrons. The molecule has 0 aliphatic rings. The van der Waals surface area contributed by atoms with Crippen LogP contribution in [0.25, 0.3) is 6.08 Å². The van der Waals surface area contributed by atoms with Crippen molar-refractivity contribution in [3.63, 3.8) is 0 Å². The third kappa shape index (κ3) is 4.29. The van der Waals surface area contributed by atoms with E-state index in [0.29, 0.717) is 17.3 Å². The molecule has 3 rings (SSSR count). The van der Waals surface area contributed by atoms with E-state index in [1.807, 2.05) is 0 Å². The van der Waals surface area contributed by atoms with Crippen molar-refractivity contribution in [2.24, 2.45) is 0 Å². The summed E-state index contributed by atoms with van der Waals surface area (Å²) in [5.41, 5.74) is 0.585. The van der Waals surface area contributed by atoms with Gasteiger partial charge in [0, 0.05) is 23.9 Å². The van der Waals surface area contributed by atoms with Gasteiger partial charge in [-0.1, -0.05) is 12.1 Å². The van der Waals surface area contributed by atoms with Crippen molar-refractivity contribution in [3.8, 4) is 5.75 Å². The van der Waals surface area contributed by atoms with Crippen LogP contribution in [0.2, 0.25) is 0 Å². The number of phenolic OH excluding ortho intramolecular Hbond substituents is 1. The van der Waals surface area contributed by atoms with Crippen LogP contribution in [0.15, 0.2) is 53.9 Å². The van der Waals surface area contributed by atoms with Crippen molar-refractivity contribution in [1.29, 1.82) is 0 Å². The average molecular weight is 400 g/mol. The SMILES string of the molecule is CC(=O)N(c1nc(/C=C/C(=O)c2cccc(O)c2)cs1)c1ccc(F)cc1F. The van der Waals surface area contributed by atoms with Gasteiger partial charge in [-0.2, -0.15) is 0 Å². The molecule has 2 aromatic carbocycles. The summed E-state index contributed by atoms with van der Waals surface area (Å²) in [5, 5.41) is 11.2. The highest BCUT2D eigenvalue weighted by molar-refractivity contribution is 7.14. The Labute approximate surface area is 163 Å². The molecule has 5 nitrogen and oxygen atoms in total. The van der Waals surface area contributed by atoms with Crippen LogP contribution in [0.5, 0.6) is 5.75 Å². The van der Waals surface area contributed by atoms with Gasteiger partial charge in [0.25, 0.3) is 0 Å². The van der Waals surface area contributed by atoms with E-state index in [0.717, 1.165) is 28.4 Å². The molecule has 3 aromatic rings. The van der Waals surface area contributed by atoms with Gasteiger partial charge in [-0.15, -0.1) is 11.3 Å². The maximum atomic E-state index is 14.1. The molecular formula is C20H14F2N2O3S. The zero-order chi connectivity index (χ0) is 20.3. The lowest BCUT2D eigenvalue weighted by atomic mass is 10.1. The molecule has 142 valence electrons. The third-order valence-corrected chi connectivity index (χ3v) is 4.55. The molecule has 1 aromatic heterocycles. The van der Waals surface area contributed by atoms with E-state index in [1.54, 1.807) is 17.5 Å². The molecule has 0 saturated heterocycles. The summed E-state index contributed by atoms with van der Waals surface area (Å²) < 4.78 is 27.2. The molecule has 0 spiro atoms. The molecule has 8 heteroatoms. The maximum Gasteiger partial charge on any atom is 0.230 e. The topological polar surface area (TPSA) is 70.5 Å². The van der Waals surface area contributed by atoms with Crippen LogP contribution >= 0.6 is 11.3 Å². The number of rotatable bonds is 5. The largest absolute Gasteiger partial charge is 0.508 e. The zero-order valence-electron chi connectivity index (χ0n) is 14.6. The van der Waals surface area contributed by atoms with Crippen LogP contribution in [0.3, 0.4) is 0 Å². The van der Waals surface area contributed by atoms with Gasteiger partial charge < -0.3 is 5.11 Å². The van der Waals surface area contributed by atoms with Crippen molar-refractivity contribution < 1.29 is 23.5 Å². The number of carbonyl (C=O) groups is 2. The molecule has 0 fully saturated rings. The summed E-state index contributed by atoms with van der Waals surface area (Å²) >= 11 is 1.07. The first-order chi connectivity index (χ1) is 13.3. The number of aromatic nitrogens is 1. The van der Waals surface area contributed by atoms with Crippen LogP contribution < -0.4 is 4.90 Å². The summed E-state index contributed by atoms with van der Waals surface area (Å²) in [6.07, 6.45) is 2.73. The number of phenols is 1. The van der Waals surface area contributed by atoms with Gasteiger partial charge in [0.15, 0.2) is 10.9 Å². The number of thiazole rings is 1. The maximum absolute atomic E-state index is 14.1. The first-order valence-electron chi connectivity index (χ1n) is 8.08. The zero-order valence-corrected chi connectivity index (χ0v) is 15.4. The van der Waals surface area contributed by atoms with Crippen molar-refractivity contribution >= 4 is 39.9 Å². The van der Waals surface area contributed by atoms with Gasteiger partial charge in [-0.25, -0.2) is 13.8 Å². The van der Waals surface area contributed by atoms with Crippen LogP contribution in [0.4, 0.5) is 19.6 Å². The molecule has 1 amide bonds. The van der Waals surface area contributed by atoms with E-state index in [4.69, 9.17) is 0 Å².